The molecule has 1 N–H and O–H groups in total. The number of fused-ring (bicyclic) bond motifs is 1. The minimum absolute atomic E-state index is 0.0702. The van der Waals surface area contributed by atoms with Crippen molar-refractivity contribution in [1.29, 1.82) is 0 Å². The van der Waals surface area contributed by atoms with Crippen molar-refractivity contribution in [2.75, 3.05) is 11.9 Å². The third kappa shape index (κ3) is 3.81. The Morgan fingerprint density at radius 1 is 1.07 bits per heavy atom. The molecule has 2 aromatic carbocycles. The number of anilines is 1. The molecule has 0 fully saturated rings. The monoisotopic (exact) mass is 404 g/mol. The van der Waals surface area contributed by atoms with Gasteiger partial charge in [-0.3, -0.25) is 9.59 Å². The normalized spacial score (nSPS) is 10.7. The fourth-order valence-electron chi connectivity index (χ4n) is 2.89. The summed E-state index contributed by atoms with van der Waals surface area (Å²) in [4.78, 5) is 37.6. The summed E-state index contributed by atoms with van der Waals surface area (Å²) in [5.41, 5.74) is 0.0630. The molecule has 0 atom stereocenters. The molecule has 0 radical (unpaired) electrons. The van der Waals surface area contributed by atoms with Crippen molar-refractivity contribution in [3.63, 3.8) is 0 Å². The molecular formula is C21H16N4O5. The number of ether oxygens (including phenoxy) is 1. The molecule has 2 heterocycles. The molecule has 0 aliphatic carbocycles. The van der Waals surface area contributed by atoms with Crippen molar-refractivity contribution >= 4 is 28.5 Å². The zero-order chi connectivity index (χ0) is 21.1. The minimum atomic E-state index is -0.831. The van der Waals surface area contributed by atoms with Crippen LogP contribution in [0.4, 0.5) is 5.82 Å². The summed E-state index contributed by atoms with van der Waals surface area (Å²) < 4.78 is 11.1. The lowest BCUT2D eigenvalue weighted by Crippen LogP contribution is -2.26. The molecular weight excluding hydrogens is 388 g/mol. The van der Waals surface area contributed by atoms with Crippen molar-refractivity contribution in [1.82, 2.24) is 14.9 Å². The van der Waals surface area contributed by atoms with Gasteiger partial charge in [0.2, 0.25) is 0 Å². The second-order valence-electron chi connectivity index (χ2n) is 6.39. The van der Waals surface area contributed by atoms with E-state index in [1.807, 2.05) is 0 Å². The molecule has 0 aliphatic heterocycles. The first-order chi connectivity index (χ1) is 14.5. The van der Waals surface area contributed by atoms with E-state index in [1.54, 1.807) is 61.5 Å². The summed E-state index contributed by atoms with van der Waals surface area (Å²) in [7, 11) is 0. The Morgan fingerprint density at radius 2 is 1.77 bits per heavy atom. The zero-order valence-corrected chi connectivity index (χ0v) is 15.9. The maximum atomic E-state index is 12.8. The largest absolute Gasteiger partial charge is 0.451 e. The fraction of sp³-hybridized carbons (Fsp3) is 0.0952. The van der Waals surface area contributed by atoms with Gasteiger partial charge in [0.05, 0.1) is 11.1 Å². The number of nitrogens with one attached hydrogen (secondary N) is 1. The van der Waals surface area contributed by atoms with Gasteiger partial charge < -0.3 is 14.6 Å². The Morgan fingerprint density at radius 3 is 2.47 bits per heavy atom. The minimum Gasteiger partial charge on any atom is -0.451 e. The van der Waals surface area contributed by atoms with E-state index in [0.717, 1.165) is 4.68 Å². The first-order valence-corrected chi connectivity index (χ1v) is 9.01. The molecule has 4 aromatic rings. The molecule has 9 heteroatoms. The highest BCUT2D eigenvalue weighted by Gasteiger charge is 2.20. The van der Waals surface area contributed by atoms with Gasteiger partial charge in [0, 0.05) is 11.5 Å². The maximum Gasteiger partial charge on any atom is 0.359 e. The topological polar surface area (TPSA) is 116 Å². The van der Waals surface area contributed by atoms with Crippen LogP contribution in [0.3, 0.4) is 0 Å². The van der Waals surface area contributed by atoms with Gasteiger partial charge in [-0.2, -0.15) is 9.78 Å². The Kier molecular flexibility index (Phi) is 5.08. The number of aryl methyl sites for hydroxylation is 1. The standard InChI is InChI=1S/C21H16N4O5/c1-13-11-17(24-30-13)22-18(26)12-29-21(28)19-15-9-5-6-10-16(15)20(27)25(23-19)14-7-3-2-4-8-14/h2-11H,12H2,1H3,(H,22,24,26). The van der Waals surface area contributed by atoms with Crippen LogP contribution >= 0.6 is 0 Å². The molecule has 0 saturated heterocycles. The summed E-state index contributed by atoms with van der Waals surface area (Å²) in [6, 6.07) is 16.8. The quantitative estimate of drug-likeness (QED) is 0.508. The summed E-state index contributed by atoms with van der Waals surface area (Å²) in [5.74, 6) is -0.671. The van der Waals surface area contributed by atoms with Crippen molar-refractivity contribution < 1.29 is 18.8 Å². The number of nitrogens with zero attached hydrogens (tertiary/aromatic N) is 3. The highest BCUT2D eigenvalue weighted by molar-refractivity contribution is 6.03. The molecule has 0 aliphatic rings. The molecule has 0 saturated carbocycles. The fourth-order valence-corrected chi connectivity index (χ4v) is 2.89. The lowest BCUT2D eigenvalue weighted by atomic mass is 10.1. The lowest BCUT2D eigenvalue weighted by molar-refractivity contribution is -0.119. The second-order valence-corrected chi connectivity index (χ2v) is 6.39. The number of para-hydroxylation sites is 1. The molecule has 30 heavy (non-hydrogen) atoms. The van der Waals surface area contributed by atoms with E-state index in [1.165, 1.54) is 6.07 Å². The average molecular weight is 404 g/mol. The second kappa shape index (κ2) is 8.00. The molecule has 4 rings (SSSR count). The van der Waals surface area contributed by atoms with Crippen LogP contribution in [-0.2, 0) is 9.53 Å². The van der Waals surface area contributed by atoms with Crippen molar-refractivity contribution in [3.8, 4) is 5.69 Å². The van der Waals surface area contributed by atoms with Crippen molar-refractivity contribution in [2.24, 2.45) is 0 Å². The lowest BCUT2D eigenvalue weighted by Gasteiger charge is -2.10. The van der Waals surface area contributed by atoms with Crippen LogP contribution in [0.15, 0.2) is 70.0 Å². The molecule has 0 spiro atoms. The number of aromatic nitrogens is 3. The van der Waals surface area contributed by atoms with Crippen LogP contribution in [0.1, 0.15) is 16.2 Å². The number of hydrogen-bond donors (Lipinski definition) is 1. The number of rotatable bonds is 5. The van der Waals surface area contributed by atoms with E-state index in [9.17, 15) is 14.4 Å². The van der Waals surface area contributed by atoms with Crippen LogP contribution in [0, 0.1) is 6.92 Å². The van der Waals surface area contributed by atoms with Crippen molar-refractivity contribution in [3.05, 3.63) is 82.5 Å². The number of carbonyl (C=O) groups is 2. The number of amides is 1. The third-order valence-corrected chi connectivity index (χ3v) is 4.23. The molecule has 0 bridgehead atoms. The van der Waals surface area contributed by atoms with Gasteiger partial charge in [-0.1, -0.05) is 41.6 Å². The summed E-state index contributed by atoms with van der Waals surface area (Å²) >= 11 is 0. The van der Waals surface area contributed by atoms with Gasteiger partial charge in [0.25, 0.3) is 11.5 Å². The molecule has 150 valence electrons. The molecule has 9 nitrogen and oxygen atoms in total. The van der Waals surface area contributed by atoms with Gasteiger partial charge in [-0.15, -0.1) is 0 Å². The first kappa shape index (κ1) is 19.1. The van der Waals surface area contributed by atoms with E-state index >= 15 is 0 Å². The molecule has 2 aromatic heterocycles. The first-order valence-electron chi connectivity index (χ1n) is 9.01. The number of benzene rings is 2. The van der Waals surface area contributed by atoms with Crippen LogP contribution in [0.25, 0.3) is 16.5 Å². The zero-order valence-electron chi connectivity index (χ0n) is 15.9. The Bertz CT molecular complexity index is 1290. The Labute approximate surface area is 169 Å². The van der Waals surface area contributed by atoms with E-state index in [2.05, 4.69) is 15.6 Å². The molecule has 0 unspecified atom stereocenters. The highest BCUT2D eigenvalue weighted by Crippen LogP contribution is 2.16. The van der Waals surface area contributed by atoms with E-state index in [4.69, 9.17) is 9.26 Å². The average Bonchev–Trinajstić information content (AvgIpc) is 3.17. The Hall–Kier alpha value is -4.27. The van der Waals surface area contributed by atoms with Gasteiger partial charge in [0.1, 0.15) is 5.76 Å². The van der Waals surface area contributed by atoms with Gasteiger partial charge in [-0.05, 0) is 25.1 Å². The summed E-state index contributed by atoms with van der Waals surface area (Å²) in [6.07, 6.45) is 0. The SMILES string of the molecule is Cc1cc(NC(=O)COC(=O)c2nn(-c3ccccc3)c(=O)c3ccccc23)no1. The van der Waals surface area contributed by atoms with Crippen LogP contribution < -0.4 is 10.9 Å². The highest BCUT2D eigenvalue weighted by atomic mass is 16.5. The van der Waals surface area contributed by atoms with Crippen LogP contribution in [0.5, 0.6) is 0 Å². The maximum absolute atomic E-state index is 12.8. The van der Waals surface area contributed by atoms with Crippen LogP contribution in [0.2, 0.25) is 0 Å². The van der Waals surface area contributed by atoms with Gasteiger partial charge >= 0.3 is 5.97 Å². The van der Waals surface area contributed by atoms with Gasteiger partial charge in [-0.25, -0.2) is 4.79 Å². The number of hydrogen-bond acceptors (Lipinski definition) is 7. The van der Waals surface area contributed by atoms with Crippen molar-refractivity contribution in [2.45, 2.75) is 6.92 Å². The van der Waals surface area contributed by atoms with E-state index < -0.39 is 18.5 Å². The van der Waals surface area contributed by atoms with E-state index in [-0.39, 0.29) is 17.1 Å². The smallest absolute Gasteiger partial charge is 0.359 e. The number of carbonyl (C=O) groups excluding carboxylic acids is 2. The summed E-state index contributed by atoms with van der Waals surface area (Å²) in [6.45, 7) is 1.13. The van der Waals surface area contributed by atoms with Crippen LogP contribution in [-0.4, -0.2) is 33.4 Å². The predicted octanol–water partition coefficient (Wildman–Crippen LogP) is 2.48. The molecule has 1 amide bonds. The third-order valence-electron chi connectivity index (χ3n) is 4.23. The van der Waals surface area contributed by atoms with E-state index in [0.29, 0.717) is 22.2 Å². The predicted molar refractivity (Wildman–Crippen MR) is 107 cm³/mol. The summed E-state index contributed by atoms with van der Waals surface area (Å²) in [5, 5.41) is 11.0. The Balaban J connectivity index is 1.62. The number of esters is 1. The van der Waals surface area contributed by atoms with Gasteiger partial charge in [0.15, 0.2) is 18.1 Å².